The minimum absolute atomic E-state index is 0.0123. The summed E-state index contributed by atoms with van der Waals surface area (Å²) in [5.74, 6) is -0.408. The Labute approximate surface area is 88.7 Å². The van der Waals surface area contributed by atoms with E-state index in [0.717, 1.165) is 0 Å². The number of rotatable bonds is 6. The number of carbonyl (C=O) groups excluding carboxylic acids is 1. The van der Waals surface area contributed by atoms with Crippen LogP contribution in [0.1, 0.15) is 20.3 Å². The molecule has 1 amide bonds. The summed E-state index contributed by atoms with van der Waals surface area (Å²) in [6.07, 6.45) is 0.105. The number of amides is 1. The lowest BCUT2D eigenvalue weighted by Gasteiger charge is -2.15. The predicted octanol–water partition coefficient (Wildman–Crippen LogP) is 1.06. The van der Waals surface area contributed by atoms with Crippen molar-refractivity contribution in [2.24, 2.45) is 0 Å². The zero-order chi connectivity index (χ0) is 11.1. The van der Waals surface area contributed by atoms with Crippen molar-refractivity contribution in [3.8, 4) is 0 Å². The predicted molar refractivity (Wildman–Crippen MR) is 57.5 cm³/mol. The molecule has 0 aromatic rings. The minimum Gasteiger partial charge on any atom is -0.481 e. The van der Waals surface area contributed by atoms with E-state index in [4.69, 9.17) is 5.11 Å². The lowest BCUT2D eigenvalue weighted by atomic mass is 10.3. The average Bonchev–Trinajstić information content (AvgIpc) is 2.11. The zero-order valence-electron chi connectivity index (χ0n) is 8.82. The number of nitrogens with zero attached hydrogens (tertiary/aromatic N) is 1. The Morgan fingerprint density at radius 2 is 2.07 bits per heavy atom. The number of carboxylic acid groups (broad SMARTS) is 1. The van der Waals surface area contributed by atoms with E-state index >= 15 is 0 Å². The molecule has 0 bridgehead atoms. The highest BCUT2D eigenvalue weighted by molar-refractivity contribution is 8.00. The molecule has 14 heavy (non-hydrogen) atoms. The van der Waals surface area contributed by atoms with Crippen LogP contribution in [0.15, 0.2) is 0 Å². The van der Waals surface area contributed by atoms with E-state index in [1.54, 1.807) is 11.9 Å². The van der Waals surface area contributed by atoms with E-state index in [1.807, 2.05) is 13.8 Å². The van der Waals surface area contributed by atoms with E-state index in [1.165, 1.54) is 11.8 Å². The maximum atomic E-state index is 11.3. The van der Waals surface area contributed by atoms with Crippen LogP contribution in [0.3, 0.4) is 0 Å². The molecule has 0 saturated carbocycles. The smallest absolute Gasteiger partial charge is 0.304 e. The van der Waals surface area contributed by atoms with Gasteiger partial charge in [0.05, 0.1) is 12.2 Å². The SMILES string of the molecule is CCN(C)C(=O)CSC(C)CC(=O)O. The van der Waals surface area contributed by atoms with E-state index < -0.39 is 5.97 Å². The van der Waals surface area contributed by atoms with Gasteiger partial charge in [0.1, 0.15) is 0 Å². The third-order valence-corrected chi connectivity index (χ3v) is 3.00. The monoisotopic (exact) mass is 219 g/mol. The second-order valence-corrected chi connectivity index (χ2v) is 4.55. The lowest BCUT2D eigenvalue weighted by Crippen LogP contribution is -2.28. The summed E-state index contributed by atoms with van der Waals surface area (Å²) in [4.78, 5) is 23.3. The number of hydrogen-bond acceptors (Lipinski definition) is 3. The van der Waals surface area contributed by atoms with E-state index in [2.05, 4.69) is 0 Å². The van der Waals surface area contributed by atoms with E-state index in [0.29, 0.717) is 12.3 Å². The molecule has 0 heterocycles. The van der Waals surface area contributed by atoms with Crippen molar-refractivity contribution in [2.75, 3.05) is 19.3 Å². The normalized spacial score (nSPS) is 12.2. The topological polar surface area (TPSA) is 57.6 Å². The highest BCUT2D eigenvalue weighted by Gasteiger charge is 2.12. The molecule has 0 aliphatic carbocycles. The quantitative estimate of drug-likeness (QED) is 0.725. The van der Waals surface area contributed by atoms with E-state index in [9.17, 15) is 9.59 Å². The first kappa shape index (κ1) is 13.3. The number of carbonyl (C=O) groups is 2. The third-order valence-electron chi connectivity index (χ3n) is 1.85. The molecule has 5 heteroatoms. The molecule has 0 aliphatic heterocycles. The summed E-state index contributed by atoms with van der Waals surface area (Å²) in [7, 11) is 1.74. The van der Waals surface area contributed by atoms with E-state index in [-0.39, 0.29) is 17.6 Å². The molecule has 0 spiro atoms. The Bertz CT molecular complexity index is 208. The fourth-order valence-corrected chi connectivity index (χ4v) is 1.71. The average molecular weight is 219 g/mol. The van der Waals surface area contributed by atoms with Crippen molar-refractivity contribution < 1.29 is 14.7 Å². The van der Waals surface area contributed by atoms with Gasteiger partial charge in [-0.1, -0.05) is 6.92 Å². The summed E-state index contributed by atoms with van der Waals surface area (Å²) >= 11 is 1.38. The third kappa shape index (κ3) is 5.85. The fourth-order valence-electron chi connectivity index (χ4n) is 0.805. The van der Waals surface area contributed by atoms with Gasteiger partial charge in [-0.2, -0.15) is 0 Å². The molecule has 1 atom stereocenters. The van der Waals surface area contributed by atoms with Gasteiger partial charge < -0.3 is 10.0 Å². The van der Waals surface area contributed by atoms with Gasteiger partial charge in [0.2, 0.25) is 5.91 Å². The van der Waals surface area contributed by atoms with Crippen molar-refractivity contribution in [3.63, 3.8) is 0 Å². The molecule has 1 unspecified atom stereocenters. The summed E-state index contributed by atoms with van der Waals surface area (Å²) in [6, 6.07) is 0. The highest BCUT2D eigenvalue weighted by Crippen LogP contribution is 2.14. The van der Waals surface area contributed by atoms with Crippen LogP contribution in [-0.2, 0) is 9.59 Å². The van der Waals surface area contributed by atoms with Gasteiger partial charge in [-0.05, 0) is 6.92 Å². The van der Waals surface area contributed by atoms with Crippen molar-refractivity contribution in [1.29, 1.82) is 0 Å². The minimum atomic E-state index is -0.818. The highest BCUT2D eigenvalue weighted by atomic mass is 32.2. The summed E-state index contributed by atoms with van der Waals surface area (Å²) in [5.41, 5.74) is 0. The number of hydrogen-bond donors (Lipinski definition) is 1. The van der Waals surface area contributed by atoms with Crippen molar-refractivity contribution in [2.45, 2.75) is 25.5 Å². The molecule has 0 aromatic heterocycles. The maximum Gasteiger partial charge on any atom is 0.304 e. The van der Waals surface area contributed by atoms with Crippen LogP contribution in [0.2, 0.25) is 0 Å². The largest absolute Gasteiger partial charge is 0.481 e. The summed E-state index contributed by atoms with van der Waals surface area (Å²) < 4.78 is 0. The zero-order valence-corrected chi connectivity index (χ0v) is 9.63. The lowest BCUT2D eigenvalue weighted by molar-refractivity contribution is -0.137. The molecule has 0 aliphatic rings. The van der Waals surface area contributed by atoms with Gasteiger partial charge in [-0.15, -0.1) is 11.8 Å². The molecule has 0 rings (SSSR count). The molecule has 0 radical (unpaired) electrons. The Morgan fingerprint density at radius 3 is 2.50 bits per heavy atom. The molecule has 1 N–H and O–H groups in total. The van der Waals surface area contributed by atoms with Gasteiger partial charge in [0, 0.05) is 18.8 Å². The van der Waals surface area contributed by atoms with Crippen molar-refractivity contribution in [1.82, 2.24) is 4.90 Å². The van der Waals surface area contributed by atoms with Crippen LogP contribution < -0.4 is 0 Å². The number of aliphatic carboxylic acids is 1. The molecule has 0 aromatic carbocycles. The van der Waals surface area contributed by atoms with Crippen LogP contribution in [-0.4, -0.2) is 46.5 Å². The number of thioether (sulfide) groups is 1. The standard InChI is InChI=1S/C9H17NO3S/c1-4-10(3)8(11)6-14-7(2)5-9(12)13/h7H,4-6H2,1-3H3,(H,12,13). The summed E-state index contributed by atoms with van der Waals surface area (Å²) in [5, 5.41) is 8.48. The second kappa shape index (κ2) is 6.70. The fraction of sp³-hybridized carbons (Fsp3) is 0.778. The molecule has 4 nitrogen and oxygen atoms in total. The molecular formula is C9H17NO3S. The first-order valence-electron chi connectivity index (χ1n) is 4.54. The molecule has 0 fully saturated rings. The van der Waals surface area contributed by atoms with Gasteiger partial charge >= 0.3 is 5.97 Å². The van der Waals surface area contributed by atoms with Crippen molar-refractivity contribution in [3.05, 3.63) is 0 Å². The van der Waals surface area contributed by atoms with Crippen LogP contribution in [0.25, 0.3) is 0 Å². The Balaban J connectivity index is 3.71. The maximum absolute atomic E-state index is 11.3. The molecule has 82 valence electrons. The van der Waals surface area contributed by atoms with Crippen LogP contribution in [0.4, 0.5) is 0 Å². The van der Waals surface area contributed by atoms with Gasteiger partial charge in [0.25, 0.3) is 0 Å². The Kier molecular flexibility index (Phi) is 6.36. The van der Waals surface area contributed by atoms with Crippen molar-refractivity contribution >= 4 is 23.6 Å². The first-order valence-corrected chi connectivity index (χ1v) is 5.59. The van der Waals surface area contributed by atoms with Gasteiger partial charge in [-0.25, -0.2) is 0 Å². The Morgan fingerprint density at radius 1 is 1.50 bits per heavy atom. The van der Waals surface area contributed by atoms with Crippen LogP contribution in [0, 0.1) is 0 Å². The van der Waals surface area contributed by atoms with Gasteiger partial charge in [0.15, 0.2) is 0 Å². The second-order valence-electron chi connectivity index (χ2n) is 3.13. The number of carboxylic acids is 1. The van der Waals surface area contributed by atoms with Crippen LogP contribution >= 0.6 is 11.8 Å². The molecular weight excluding hydrogens is 202 g/mol. The molecule has 0 saturated heterocycles. The Hall–Kier alpha value is -0.710. The first-order chi connectivity index (χ1) is 6.47. The van der Waals surface area contributed by atoms with Gasteiger partial charge in [-0.3, -0.25) is 9.59 Å². The summed E-state index contributed by atoms with van der Waals surface area (Å²) in [6.45, 7) is 4.41. The van der Waals surface area contributed by atoms with Crippen LogP contribution in [0.5, 0.6) is 0 Å².